The lowest BCUT2D eigenvalue weighted by Gasteiger charge is -2.15. The van der Waals surface area contributed by atoms with Gasteiger partial charge in [0.2, 0.25) is 0 Å². The van der Waals surface area contributed by atoms with Gasteiger partial charge < -0.3 is 4.84 Å². The van der Waals surface area contributed by atoms with Gasteiger partial charge in [-0.15, -0.1) is 0 Å². The summed E-state index contributed by atoms with van der Waals surface area (Å²) < 4.78 is 62.6. The molecule has 0 saturated carbocycles. The van der Waals surface area contributed by atoms with Crippen LogP contribution in [0.15, 0.2) is 53.7 Å². The normalized spacial score (nSPS) is 12.7. The summed E-state index contributed by atoms with van der Waals surface area (Å²) in [5.41, 5.74) is -4.18. The summed E-state index contributed by atoms with van der Waals surface area (Å²) >= 11 is 5.94. The molecule has 0 fully saturated rings. The first kappa shape index (κ1) is 23.0. The zero-order valence-electron chi connectivity index (χ0n) is 15.5. The second-order valence-electron chi connectivity index (χ2n) is 6.06. The van der Waals surface area contributed by atoms with Crippen LogP contribution >= 0.6 is 11.6 Å². The lowest BCUT2D eigenvalue weighted by atomic mass is 10.1. The molecule has 2 rings (SSSR count). The Bertz CT molecular complexity index is 949. The molecule has 2 aromatic rings. The molecule has 1 N–H and O–H groups in total. The predicted octanol–water partition coefficient (Wildman–Crippen LogP) is 5.37. The largest absolute Gasteiger partial charge is 0.516 e. The van der Waals surface area contributed by atoms with E-state index in [9.17, 15) is 21.6 Å². The Kier molecular flexibility index (Phi) is 7.92. The number of anilines is 1. The first-order chi connectivity index (χ1) is 13.6. The van der Waals surface area contributed by atoms with Crippen LogP contribution in [-0.2, 0) is 21.3 Å². The maximum absolute atomic E-state index is 12.7. The van der Waals surface area contributed by atoms with Crippen LogP contribution in [-0.4, -0.2) is 26.2 Å². The maximum Gasteiger partial charge on any atom is 0.516 e. The molecule has 5 nitrogen and oxygen atoms in total. The summed E-state index contributed by atoms with van der Waals surface area (Å²) in [5.74, 6) is 0. The molecular weight excluding hydrogens is 429 g/mol. The highest BCUT2D eigenvalue weighted by molar-refractivity contribution is 7.93. The van der Waals surface area contributed by atoms with Crippen molar-refractivity contribution in [1.29, 1.82) is 0 Å². The minimum absolute atomic E-state index is 0.121. The van der Waals surface area contributed by atoms with E-state index >= 15 is 0 Å². The van der Waals surface area contributed by atoms with Crippen molar-refractivity contribution < 1.29 is 26.4 Å². The molecule has 0 aromatic heterocycles. The van der Waals surface area contributed by atoms with E-state index in [1.807, 2.05) is 30.3 Å². The number of sulfonamides is 1. The van der Waals surface area contributed by atoms with Crippen LogP contribution in [0.4, 0.5) is 18.9 Å². The number of rotatable bonds is 9. The quantitative estimate of drug-likeness (QED) is 0.319. The predicted molar refractivity (Wildman–Crippen MR) is 108 cm³/mol. The fraction of sp³-hybridized carbons (Fsp3) is 0.316. The molecular formula is C19H20ClF3N2O3S. The van der Waals surface area contributed by atoms with E-state index < -0.39 is 15.5 Å². The van der Waals surface area contributed by atoms with Crippen LogP contribution in [0.2, 0.25) is 5.02 Å². The number of hydrogen-bond donors (Lipinski definition) is 1. The van der Waals surface area contributed by atoms with E-state index in [2.05, 4.69) is 5.16 Å². The molecule has 0 saturated heterocycles. The highest BCUT2D eigenvalue weighted by atomic mass is 35.5. The molecule has 10 heteroatoms. The van der Waals surface area contributed by atoms with Crippen molar-refractivity contribution in [1.82, 2.24) is 0 Å². The van der Waals surface area contributed by atoms with Gasteiger partial charge in [0.05, 0.1) is 11.4 Å². The van der Waals surface area contributed by atoms with Crippen LogP contribution in [0.5, 0.6) is 0 Å². The average Bonchev–Trinajstić information content (AvgIpc) is 2.66. The molecule has 0 aliphatic heterocycles. The third kappa shape index (κ3) is 6.64. The summed E-state index contributed by atoms with van der Waals surface area (Å²) in [4.78, 5) is 5.30. The van der Waals surface area contributed by atoms with E-state index in [0.29, 0.717) is 19.4 Å². The number of nitrogens with one attached hydrogen (secondary N) is 1. The van der Waals surface area contributed by atoms with E-state index in [1.165, 1.54) is 12.1 Å². The Balaban J connectivity index is 2.13. The van der Waals surface area contributed by atoms with Crippen LogP contribution in [0.25, 0.3) is 0 Å². The SMILES string of the molecule is CCC(=NOCCCc1ccccc1)c1cc(Cl)ccc1NS(=O)(=O)C(F)(F)F. The molecule has 0 aliphatic rings. The Hall–Kier alpha value is -2.26. The van der Waals surface area contributed by atoms with Crippen molar-refractivity contribution >= 4 is 33.0 Å². The van der Waals surface area contributed by atoms with Crippen molar-refractivity contribution in [3.8, 4) is 0 Å². The molecule has 0 heterocycles. The molecule has 0 radical (unpaired) electrons. The van der Waals surface area contributed by atoms with Crippen molar-refractivity contribution in [2.45, 2.75) is 31.7 Å². The topological polar surface area (TPSA) is 67.8 Å². The Morgan fingerprint density at radius 3 is 2.48 bits per heavy atom. The zero-order chi connectivity index (χ0) is 21.5. The number of alkyl halides is 3. The molecule has 0 spiro atoms. The van der Waals surface area contributed by atoms with Crippen molar-refractivity contribution in [3.05, 3.63) is 64.7 Å². The lowest BCUT2D eigenvalue weighted by molar-refractivity contribution is -0.0429. The maximum atomic E-state index is 12.7. The van der Waals surface area contributed by atoms with Gasteiger partial charge in [-0.05, 0) is 43.0 Å². The third-order valence-electron chi connectivity index (χ3n) is 3.90. The lowest BCUT2D eigenvalue weighted by Crippen LogP contribution is -2.30. The van der Waals surface area contributed by atoms with Gasteiger partial charge in [0.25, 0.3) is 0 Å². The number of aryl methyl sites for hydroxylation is 1. The van der Waals surface area contributed by atoms with E-state index in [4.69, 9.17) is 16.4 Å². The Morgan fingerprint density at radius 1 is 1.17 bits per heavy atom. The van der Waals surface area contributed by atoms with Crippen LogP contribution in [0, 0.1) is 0 Å². The second kappa shape index (κ2) is 9.98. The first-order valence-electron chi connectivity index (χ1n) is 8.76. The number of halogens is 4. The van der Waals surface area contributed by atoms with E-state index in [1.54, 1.807) is 11.6 Å². The molecule has 2 aromatic carbocycles. The van der Waals surface area contributed by atoms with Gasteiger partial charge in [-0.25, -0.2) is 0 Å². The summed E-state index contributed by atoms with van der Waals surface area (Å²) in [6.45, 7) is 2.01. The summed E-state index contributed by atoms with van der Waals surface area (Å²) in [7, 11) is -5.58. The van der Waals surface area contributed by atoms with Gasteiger partial charge in [0.15, 0.2) is 0 Å². The van der Waals surface area contributed by atoms with Crippen molar-refractivity contribution in [3.63, 3.8) is 0 Å². The third-order valence-corrected chi connectivity index (χ3v) is 5.23. The average molecular weight is 449 g/mol. The van der Waals surface area contributed by atoms with Gasteiger partial charge in [0.1, 0.15) is 6.61 Å². The number of nitrogens with zero attached hydrogens (tertiary/aromatic N) is 1. The minimum atomic E-state index is -5.58. The Morgan fingerprint density at radius 2 is 1.86 bits per heavy atom. The van der Waals surface area contributed by atoms with E-state index in [-0.39, 0.29) is 22.0 Å². The molecule has 158 valence electrons. The molecule has 0 amide bonds. The molecule has 0 unspecified atom stereocenters. The fourth-order valence-corrected chi connectivity index (χ4v) is 3.22. The van der Waals surface area contributed by atoms with Gasteiger partial charge in [0, 0.05) is 10.6 Å². The zero-order valence-corrected chi connectivity index (χ0v) is 17.1. The highest BCUT2D eigenvalue weighted by Crippen LogP contribution is 2.29. The summed E-state index contributed by atoms with van der Waals surface area (Å²) in [6.07, 6.45) is 1.76. The monoisotopic (exact) mass is 448 g/mol. The van der Waals surface area contributed by atoms with Crippen LogP contribution < -0.4 is 4.72 Å². The minimum Gasteiger partial charge on any atom is -0.396 e. The Labute approximate surface area is 172 Å². The van der Waals surface area contributed by atoms with Crippen molar-refractivity contribution in [2.75, 3.05) is 11.3 Å². The molecule has 0 aliphatic carbocycles. The fourth-order valence-electron chi connectivity index (χ4n) is 2.46. The molecule has 0 bridgehead atoms. The van der Waals surface area contributed by atoms with Gasteiger partial charge in [-0.1, -0.05) is 54.0 Å². The van der Waals surface area contributed by atoms with Crippen molar-refractivity contribution in [2.24, 2.45) is 5.16 Å². The summed E-state index contributed by atoms with van der Waals surface area (Å²) in [6, 6.07) is 13.6. The molecule has 0 atom stereocenters. The highest BCUT2D eigenvalue weighted by Gasteiger charge is 2.46. The first-order valence-corrected chi connectivity index (χ1v) is 10.6. The molecule has 29 heavy (non-hydrogen) atoms. The number of hydrogen-bond acceptors (Lipinski definition) is 4. The smallest absolute Gasteiger partial charge is 0.396 e. The number of oxime groups is 1. The van der Waals surface area contributed by atoms with Crippen LogP contribution in [0.1, 0.15) is 30.9 Å². The van der Waals surface area contributed by atoms with Gasteiger partial charge in [-0.3, -0.25) is 4.72 Å². The standard InChI is InChI=1S/C19H20ClF3N2O3S/c1-2-17(24-28-12-6-9-14-7-4-3-5-8-14)16-13-15(20)10-11-18(16)25-29(26,27)19(21,22)23/h3-5,7-8,10-11,13,25H,2,6,9,12H2,1H3. The van der Waals surface area contributed by atoms with E-state index in [0.717, 1.165) is 18.1 Å². The van der Waals surface area contributed by atoms with Crippen LogP contribution in [0.3, 0.4) is 0 Å². The number of benzene rings is 2. The second-order valence-corrected chi connectivity index (χ2v) is 8.17. The van der Waals surface area contributed by atoms with Gasteiger partial charge in [-0.2, -0.15) is 21.6 Å². The summed E-state index contributed by atoms with van der Waals surface area (Å²) in [5, 5.41) is 4.20. The van der Waals surface area contributed by atoms with Gasteiger partial charge >= 0.3 is 15.5 Å².